The summed E-state index contributed by atoms with van der Waals surface area (Å²) in [5, 5.41) is 9.22. The molecule has 2 amide bonds. The number of likely N-dealkylation sites (N-methyl/N-ethyl adjacent to an activating group) is 1. The van der Waals surface area contributed by atoms with E-state index in [4.69, 9.17) is 10.5 Å². The normalized spacial score (nSPS) is 18.1. The van der Waals surface area contributed by atoms with Gasteiger partial charge < -0.3 is 15.4 Å². The number of amides is 2. The topological polar surface area (TPSA) is 96.4 Å². The van der Waals surface area contributed by atoms with Gasteiger partial charge in [-0.1, -0.05) is 0 Å². The molecule has 0 saturated carbocycles. The SMILES string of the molecule is CCN(CC(N)=O)C(=O)C1(C#N)CCOCC1. The molecule has 1 aliphatic heterocycles. The minimum atomic E-state index is -1.05. The van der Waals surface area contributed by atoms with Crippen molar-refractivity contribution >= 4 is 11.8 Å². The van der Waals surface area contributed by atoms with Crippen molar-refractivity contribution in [3.8, 4) is 6.07 Å². The Bertz CT molecular complexity index is 342. The lowest BCUT2D eigenvalue weighted by molar-refractivity contribution is -0.145. The Morgan fingerprint density at radius 1 is 1.47 bits per heavy atom. The molecule has 1 aliphatic rings. The number of nitriles is 1. The van der Waals surface area contributed by atoms with Crippen LogP contribution >= 0.6 is 0 Å². The molecule has 1 saturated heterocycles. The molecular weight excluding hydrogens is 222 g/mol. The lowest BCUT2D eigenvalue weighted by atomic mass is 9.80. The smallest absolute Gasteiger partial charge is 0.243 e. The van der Waals surface area contributed by atoms with Crippen LogP contribution in [0.15, 0.2) is 0 Å². The van der Waals surface area contributed by atoms with Crippen LogP contribution < -0.4 is 5.73 Å². The number of primary amides is 1. The summed E-state index contributed by atoms with van der Waals surface area (Å²) in [6, 6.07) is 2.08. The van der Waals surface area contributed by atoms with Gasteiger partial charge in [-0.2, -0.15) is 5.26 Å². The van der Waals surface area contributed by atoms with Gasteiger partial charge in [-0.05, 0) is 19.8 Å². The third-order valence-electron chi connectivity index (χ3n) is 2.99. The molecule has 1 fully saturated rings. The van der Waals surface area contributed by atoms with E-state index in [2.05, 4.69) is 6.07 Å². The number of hydrogen-bond acceptors (Lipinski definition) is 4. The van der Waals surface area contributed by atoms with E-state index < -0.39 is 11.3 Å². The Labute approximate surface area is 100 Å². The molecule has 0 atom stereocenters. The first-order valence-electron chi connectivity index (χ1n) is 5.62. The molecule has 0 unspecified atom stereocenters. The number of carbonyl (C=O) groups is 2. The molecule has 0 bridgehead atoms. The van der Waals surface area contributed by atoms with Gasteiger partial charge in [0, 0.05) is 19.8 Å². The second-order valence-corrected chi connectivity index (χ2v) is 4.09. The molecule has 0 aliphatic carbocycles. The Hall–Kier alpha value is -1.61. The molecule has 6 heteroatoms. The highest BCUT2D eigenvalue weighted by Crippen LogP contribution is 2.31. The quantitative estimate of drug-likeness (QED) is 0.724. The van der Waals surface area contributed by atoms with Crippen LogP contribution in [0.25, 0.3) is 0 Å². The van der Waals surface area contributed by atoms with Crippen molar-refractivity contribution in [1.82, 2.24) is 4.90 Å². The molecule has 2 N–H and O–H groups in total. The zero-order chi connectivity index (χ0) is 12.9. The Kier molecular flexibility index (Phi) is 4.46. The van der Waals surface area contributed by atoms with Gasteiger partial charge >= 0.3 is 0 Å². The van der Waals surface area contributed by atoms with Gasteiger partial charge in [-0.25, -0.2) is 0 Å². The number of hydrogen-bond donors (Lipinski definition) is 1. The molecule has 0 aromatic carbocycles. The predicted octanol–water partition coefficient (Wildman–Crippen LogP) is -0.359. The number of nitrogens with zero attached hydrogens (tertiary/aromatic N) is 2. The minimum absolute atomic E-state index is 0.139. The highest BCUT2D eigenvalue weighted by atomic mass is 16.5. The zero-order valence-electron chi connectivity index (χ0n) is 9.94. The fourth-order valence-corrected chi connectivity index (χ4v) is 1.91. The van der Waals surface area contributed by atoms with Crippen LogP contribution in [-0.2, 0) is 14.3 Å². The third-order valence-corrected chi connectivity index (χ3v) is 2.99. The first kappa shape index (κ1) is 13.5. The fraction of sp³-hybridized carbons (Fsp3) is 0.727. The van der Waals surface area contributed by atoms with E-state index in [1.54, 1.807) is 6.92 Å². The number of rotatable bonds is 4. The summed E-state index contributed by atoms with van der Waals surface area (Å²) in [5.41, 5.74) is 4.03. The maximum atomic E-state index is 12.3. The lowest BCUT2D eigenvalue weighted by Gasteiger charge is -2.33. The van der Waals surface area contributed by atoms with Crippen molar-refractivity contribution in [2.24, 2.45) is 11.1 Å². The van der Waals surface area contributed by atoms with Gasteiger partial charge in [0.05, 0.1) is 12.6 Å². The number of nitrogens with two attached hydrogens (primary N) is 1. The molecular formula is C11H17N3O3. The van der Waals surface area contributed by atoms with Crippen molar-refractivity contribution in [2.45, 2.75) is 19.8 Å². The van der Waals surface area contributed by atoms with Gasteiger partial charge in [0.2, 0.25) is 11.8 Å². The summed E-state index contributed by atoms with van der Waals surface area (Å²) in [6.07, 6.45) is 0.745. The number of carbonyl (C=O) groups excluding carboxylic acids is 2. The summed E-state index contributed by atoms with van der Waals surface area (Å²) < 4.78 is 5.16. The van der Waals surface area contributed by atoms with E-state index >= 15 is 0 Å². The van der Waals surface area contributed by atoms with Crippen LogP contribution in [0, 0.1) is 16.7 Å². The average Bonchev–Trinajstić information content (AvgIpc) is 2.35. The Balaban J connectivity index is 2.83. The molecule has 94 valence electrons. The lowest BCUT2D eigenvalue weighted by Crippen LogP contribution is -2.48. The largest absolute Gasteiger partial charge is 0.381 e. The Morgan fingerprint density at radius 3 is 2.47 bits per heavy atom. The standard InChI is InChI=1S/C11H17N3O3/c1-2-14(7-9(13)15)10(16)11(8-12)3-5-17-6-4-11/h2-7H2,1H3,(H2,13,15). The van der Waals surface area contributed by atoms with Crippen LogP contribution in [0.3, 0.4) is 0 Å². The second kappa shape index (κ2) is 5.64. The monoisotopic (exact) mass is 239 g/mol. The van der Waals surface area contributed by atoms with E-state index in [1.165, 1.54) is 4.90 Å². The molecule has 0 spiro atoms. The summed E-state index contributed by atoms with van der Waals surface area (Å²) in [7, 11) is 0. The maximum Gasteiger partial charge on any atom is 0.243 e. The molecule has 17 heavy (non-hydrogen) atoms. The van der Waals surface area contributed by atoms with Gasteiger partial charge in [-0.3, -0.25) is 9.59 Å². The molecule has 6 nitrogen and oxygen atoms in total. The Morgan fingerprint density at radius 2 is 2.06 bits per heavy atom. The van der Waals surface area contributed by atoms with Gasteiger partial charge in [0.15, 0.2) is 0 Å². The highest BCUT2D eigenvalue weighted by molar-refractivity contribution is 5.89. The van der Waals surface area contributed by atoms with Crippen LogP contribution in [-0.4, -0.2) is 43.0 Å². The summed E-state index contributed by atoms with van der Waals surface area (Å²) in [4.78, 5) is 24.5. The van der Waals surface area contributed by atoms with Crippen LogP contribution in [0.5, 0.6) is 0 Å². The minimum Gasteiger partial charge on any atom is -0.381 e. The summed E-state index contributed by atoms with van der Waals surface area (Å²) in [5.74, 6) is -0.884. The molecule has 0 aromatic heterocycles. The molecule has 1 rings (SSSR count). The van der Waals surface area contributed by atoms with Crippen molar-refractivity contribution in [2.75, 3.05) is 26.3 Å². The first-order valence-corrected chi connectivity index (χ1v) is 5.62. The van der Waals surface area contributed by atoms with Crippen LogP contribution in [0.2, 0.25) is 0 Å². The van der Waals surface area contributed by atoms with E-state index in [9.17, 15) is 14.9 Å². The number of ether oxygens (including phenoxy) is 1. The zero-order valence-corrected chi connectivity index (χ0v) is 9.94. The van der Waals surface area contributed by atoms with Crippen molar-refractivity contribution in [1.29, 1.82) is 5.26 Å². The molecule has 0 aromatic rings. The highest BCUT2D eigenvalue weighted by Gasteiger charge is 2.42. The van der Waals surface area contributed by atoms with Crippen LogP contribution in [0.1, 0.15) is 19.8 Å². The van der Waals surface area contributed by atoms with E-state index in [0.29, 0.717) is 32.6 Å². The van der Waals surface area contributed by atoms with Gasteiger partial charge in [0.1, 0.15) is 5.41 Å². The molecule has 1 heterocycles. The second-order valence-electron chi connectivity index (χ2n) is 4.09. The third kappa shape index (κ3) is 2.94. The van der Waals surface area contributed by atoms with Gasteiger partial charge in [0.25, 0.3) is 0 Å². The molecule has 0 radical (unpaired) electrons. The summed E-state index contributed by atoms with van der Waals surface area (Å²) in [6.45, 7) is 2.78. The van der Waals surface area contributed by atoms with Gasteiger partial charge in [-0.15, -0.1) is 0 Å². The van der Waals surface area contributed by atoms with E-state index in [1.807, 2.05) is 0 Å². The fourth-order valence-electron chi connectivity index (χ4n) is 1.91. The van der Waals surface area contributed by atoms with Crippen molar-refractivity contribution in [3.63, 3.8) is 0 Å². The predicted molar refractivity (Wildman–Crippen MR) is 59.5 cm³/mol. The average molecular weight is 239 g/mol. The van der Waals surface area contributed by atoms with E-state index in [0.717, 1.165) is 0 Å². The van der Waals surface area contributed by atoms with Crippen molar-refractivity contribution < 1.29 is 14.3 Å². The van der Waals surface area contributed by atoms with E-state index in [-0.39, 0.29) is 12.5 Å². The first-order chi connectivity index (χ1) is 8.05. The van der Waals surface area contributed by atoms with Crippen LogP contribution in [0.4, 0.5) is 0 Å². The summed E-state index contributed by atoms with van der Waals surface area (Å²) >= 11 is 0. The van der Waals surface area contributed by atoms with Crippen molar-refractivity contribution in [3.05, 3.63) is 0 Å². The maximum absolute atomic E-state index is 12.3.